The largest absolute Gasteiger partial charge is 0.475 e. The van der Waals surface area contributed by atoms with Gasteiger partial charge in [0.15, 0.2) is 0 Å². The van der Waals surface area contributed by atoms with Crippen LogP contribution in [0.2, 0.25) is 0 Å². The minimum Gasteiger partial charge on any atom is -0.475 e. The zero-order valence-corrected chi connectivity index (χ0v) is 12.4. The summed E-state index contributed by atoms with van der Waals surface area (Å²) in [5.41, 5.74) is 0. The average Bonchev–Trinajstić information content (AvgIpc) is 2.77. The van der Waals surface area contributed by atoms with Crippen molar-refractivity contribution in [2.45, 2.75) is 5.09 Å². The Morgan fingerprint density at radius 2 is 1.90 bits per heavy atom. The molecule has 0 bridgehead atoms. The Bertz CT molecular complexity index is 688. The quantitative estimate of drug-likeness (QED) is 0.666. The van der Waals surface area contributed by atoms with Crippen molar-refractivity contribution < 1.29 is 31.2 Å². The molecule has 20 heavy (non-hydrogen) atoms. The first kappa shape index (κ1) is 16.6. The van der Waals surface area contributed by atoms with Crippen molar-refractivity contribution in [3.05, 3.63) is 17.9 Å². The maximum atomic E-state index is 11.7. The minimum atomic E-state index is -4.08. The van der Waals surface area contributed by atoms with Gasteiger partial charge in [0.2, 0.25) is 20.9 Å². The summed E-state index contributed by atoms with van der Waals surface area (Å²) in [6.45, 7) is -0.355. The molecule has 1 heterocycles. The van der Waals surface area contributed by atoms with E-state index in [1.54, 1.807) is 0 Å². The molecule has 0 aliphatic rings. The summed E-state index contributed by atoms with van der Waals surface area (Å²) < 4.78 is 53.9. The molecule has 1 aromatic rings. The van der Waals surface area contributed by atoms with E-state index in [2.05, 4.69) is 4.42 Å². The van der Waals surface area contributed by atoms with Crippen molar-refractivity contribution in [3.63, 3.8) is 0 Å². The van der Waals surface area contributed by atoms with Crippen LogP contribution in [0.1, 0.15) is 10.6 Å². The zero-order chi connectivity index (χ0) is 15.6. The number of carboxylic acids is 1. The molecule has 0 fully saturated rings. The number of carboxylic acid groups (broad SMARTS) is 1. The van der Waals surface area contributed by atoms with Crippen LogP contribution < -0.4 is 4.72 Å². The van der Waals surface area contributed by atoms with E-state index in [4.69, 9.17) is 5.11 Å². The molecule has 0 saturated carbocycles. The Labute approximate surface area is 116 Å². The maximum absolute atomic E-state index is 11.7. The molecule has 0 aromatic carbocycles. The smallest absolute Gasteiger partial charge is 0.371 e. The van der Waals surface area contributed by atoms with Gasteiger partial charge in [-0.05, 0) is 12.1 Å². The Morgan fingerprint density at radius 1 is 1.30 bits per heavy atom. The molecular weight excluding hydrogens is 312 g/mol. The van der Waals surface area contributed by atoms with Crippen LogP contribution in [0.5, 0.6) is 0 Å². The Hall–Kier alpha value is -1.43. The highest BCUT2D eigenvalue weighted by Crippen LogP contribution is 2.13. The molecule has 11 heteroatoms. The van der Waals surface area contributed by atoms with Crippen LogP contribution in [0.3, 0.4) is 0 Å². The van der Waals surface area contributed by atoms with E-state index in [9.17, 15) is 21.6 Å². The van der Waals surface area contributed by atoms with E-state index in [1.165, 1.54) is 14.1 Å². The van der Waals surface area contributed by atoms with E-state index < -0.39 is 42.6 Å². The molecule has 2 N–H and O–H groups in total. The second kappa shape index (κ2) is 5.91. The fourth-order valence-corrected chi connectivity index (χ4v) is 2.95. The number of hydrogen-bond acceptors (Lipinski definition) is 6. The summed E-state index contributed by atoms with van der Waals surface area (Å²) in [7, 11) is -4.96. The van der Waals surface area contributed by atoms with Crippen molar-refractivity contribution in [2.75, 3.05) is 26.4 Å². The highest BCUT2D eigenvalue weighted by molar-refractivity contribution is 7.90. The highest BCUT2D eigenvalue weighted by atomic mass is 32.2. The Kier molecular flexibility index (Phi) is 4.91. The summed E-state index contributed by atoms with van der Waals surface area (Å²) in [6, 6.07) is 1.97. The number of hydrogen-bond donors (Lipinski definition) is 2. The second-order valence-corrected chi connectivity index (χ2v) is 7.92. The number of sulfonamides is 2. The number of aromatic carboxylic acids is 1. The molecule has 0 amide bonds. The predicted molar refractivity (Wildman–Crippen MR) is 68.3 cm³/mol. The first-order chi connectivity index (χ1) is 9.06. The molecular formula is C9H14N2O7S2. The molecule has 9 nitrogen and oxygen atoms in total. The number of furan rings is 1. The van der Waals surface area contributed by atoms with Crippen molar-refractivity contribution in [1.82, 2.24) is 9.03 Å². The molecule has 0 aliphatic carbocycles. The van der Waals surface area contributed by atoms with Gasteiger partial charge in [0.1, 0.15) is 0 Å². The first-order valence-electron chi connectivity index (χ1n) is 5.29. The van der Waals surface area contributed by atoms with Gasteiger partial charge in [0.05, 0.1) is 5.75 Å². The van der Waals surface area contributed by atoms with Crippen molar-refractivity contribution in [3.8, 4) is 0 Å². The molecule has 0 atom stereocenters. The van der Waals surface area contributed by atoms with Crippen LogP contribution in [0, 0.1) is 0 Å². The van der Waals surface area contributed by atoms with Gasteiger partial charge >= 0.3 is 5.97 Å². The van der Waals surface area contributed by atoms with Crippen molar-refractivity contribution in [2.24, 2.45) is 0 Å². The zero-order valence-electron chi connectivity index (χ0n) is 10.7. The molecule has 0 spiro atoms. The van der Waals surface area contributed by atoms with Crippen LogP contribution in [0.25, 0.3) is 0 Å². The van der Waals surface area contributed by atoms with E-state index >= 15 is 0 Å². The van der Waals surface area contributed by atoms with Crippen LogP contribution in [0.15, 0.2) is 21.6 Å². The topological polar surface area (TPSA) is 134 Å². The maximum Gasteiger partial charge on any atom is 0.371 e. The van der Waals surface area contributed by atoms with E-state index in [0.717, 1.165) is 16.4 Å². The lowest BCUT2D eigenvalue weighted by Gasteiger charge is -2.11. The van der Waals surface area contributed by atoms with Gasteiger partial charge in [0, 0.05) is 20.6 Å². The molecule has 0 radical (unpaired) electrons. The average molecular weight is 326 g/mol. The number of rotatable bonds is 7. The van der Waals surface area contributed by atoms with Crippen LogP contribution in [-0.4, -0.2) is 58.6 Å². The SMILES string of the molecule is CN(C)S(=O)(=O)CCNS(=O)(=O)c1ccc(C(=O)O)o1. The minimum absolute atomic E-state index is 0.355. The number of nitrogens with one attached hydrogen (secondary N) is 1. The lowest BCUT2D eigenvalue weighted by Crippen LogP contribution is -2.33. The molecule has 0 saturated heterocycles. The second-order valence-electron chi connectivity index (χ2n) is 3.92. The first-order valence-corrected chi connectivity index (χ1v) is 8.38. The molecule has 114 valence electrons. The molecule has 0 unspecified atom stereocenters. The van der Waals surface area contributed by atoms with Gasteiger partial charge in [-0.15, -0.1) is 0 Å². The van der Waals surface area contributed by atoms with E-state index in [-0.39, 0.29) is 6.54 Å². The van der Waals surface area contributed by atoms with Crippen LogP contribution >= 0.6 is 0 Å². The van der Waals surface area contributed by atoms with Crippen LogP contribution in [-0.2, 0) is 20.0 Å². The Morgan fingerprint density at radius 3 is 2.35 bits per heavy atom. The van der Waals surface area contributed by atoms with Crippen molar-refractivity contribution >= 4 is 26.0 Å². The van der Waals surface area contributed by atoms with Gasteiger partial charge in [-0.25, -0.2) is 30.7 Å². The molecule has 0 aliphatic heterocycles. The van der Waals surface area contributed by atoms with E-state index in [1.807, 2.05) is 4.72 Å². The van der Waals surface area contributed by atoms with Gasteiger partial charge in [-0.3, -0.25) is 0 Å². The van der Waals surface area contributed by atoms with Gasteiger partial charge in [0.25, 0.3) is 10.0 Å². The van der Waals surface area contributed by atoms with Gasteiger partial charge < -0.3 is 9.52 Å². The summed E-state index contributed by atoms with van der Waals surface area (Å²) >= 11 is 0. The van der Waals surface area contributed by atoms with E-state index in [0.29, 0.717) is 0 Å². The standard InChI is InChI=1S/C9H14N2O7S2/c1-11(2)19(14,15)6-5-10-20(16,17)8-4-3-7(18-8)9(12)13/h3-4,10H,5-6H2,1-2H3,(H,12,13). The summed E-state index contributed by atoms with van der Waals surface area (Å²) in [4.78, 5) is 10.6. The van der Waals surface area contributed by atoms with Gasteiger partial charge in [-0.2, -0.15) is 0 Å². The third-order valence-electron chi connectivity index (χ3n) is 2.27. The number of carbonyl (C=O) groups is 1. The highest BCUT2D eigenvalue weighted by Gasteiger charge is 2.22. The molecule has 1 aromatic heterocycles. The normalized spacial score (nSPS) is 12.8. The molecule has 1 rings (SSSR count). The number of nitrogens with zero attached hydrogens (tertiary/aromatic N) is 1. The third kappa shape index (κ3) is 4.03. The lowest BCUT2D eigenvalue weighted by atomic mass is 10.5. The summed E-state index contributed by atoms with van der Waals surface area (Å²) in [5, 5.41) is 8.03. The van der Waals surface area contributed by atoms with Gasteiger partial charge in [-0.1, -0.05) is 0 Å². The van der Waals surface area contributed by atoms with Crippen LogP contribution in [0.4, 0.5) is 0 Å². The summed E-state index contributed by atoms with van der Waals surface area (Å²) in [5.74, 6) is -2.35. The monoisotopic (exact) mass is 326 g/mol. The summed E-state index contributed by atoms with van der Waals surface area (Å²) in [6.07, 6.45) is 0. The third-order valence-corrected chi connectivity index (χ3v) is 5.43. The van der Waals surface area contributed by atoms with Crippen molar-refractivity contribution in [1.29, 1.82) is 0 Å². The fraction of sp³-hybridized carbons (Fsp3) is 0.444. The Balaban J connectivity index is 2.73. The lowest BCUT2D eigenvalue weighted by molar-refractivity contribution is 0.0656. The predicted octanol–water partition coefficient (Wildman–Crippen LogP) is -0.852. The fourth-order valence-electron chi connectivity index (χ4n) is 1.14.